The van der Waals surface area contributed by atoms with E-state index in [1.54, 1.807) is 18.2 Å². The van der Waals surface area contributed by atoms with Gasteiger partial charge >= 0.3 is 0 Å². The first-order valence-corrected chi connectivity index (χ1v) is 8.50. The van der Waals surface area contributed by atoms with Gasteiger partial charge in [-0.25, -0.2) is 8.42 Å². The van der Waals surface area contributed by atoms with Gasteiger partial charge in [0, 0.05) is 0 Å². The van der Waals surface area contributed by atoms with E-state index in [1.807, 2.05) is 18.2 Å². The second-order valence-electron chi connectivity index (χ2n) is 4.21. The van der Waals surface area contributed by atoms with Gasteiger partial charge in [0.1, 0.15) is 18.1 Å². The molecular weight excluding hydrogens is 333 g/mol. The summed E-state index contributed by atoms with van der Waals surface area (Å²) < 4.78 is 31.6. The molecule has 112 valence electrons. The molecule has 0 heterocycles. The predicted molar refractivity (Wildman–Crippen MR) is 85.8 cm³/mol. The van der Waals surface area contributed by atoms with E-state index in [0.717, 1.165) is 0 Å². The zero-order chi connectivity index (χ0) is 15.3. The molecule has 7 heteroatoms. The topological polar surface area (TPSA) is 55.4 Å². The number of nitrogens with one attached hydrogen (secondary N) is 1. The molecule has 0 saturated carbocycles. The third-order valence-electron chi connectivity index (χ3n) is 2.56. The van der Waals surface area contributed by atoms with E-state index in [4.69, 9.17) is 27.9 Å². The van der Waals surface area contributed by atoms with Crippen LogP contribution >= 0.6 is 23.2 Å². The summed E-state index contributed by atoms with van der Waals surface area (Å²) in [6, 6.07) is 13.6. The Morgan fingerprint density at radius 3 is 2.38 bits per heavy atom. The van der Waals surface area contributed by atoms with E-state index < -0.39 is 10.0 Å². The first kappa shape index (κ1) is 15.9. The van der Waals surface area contributed by atoms with Gasteiger partial charge in [0.25, 0.3) is 0 Å². The summed E-state index contributed by atoms with van der Waals surface area (Å²) >= 11 is 11.6. The Labute approximate surface area is 133 Å². The average Bonchev–Trinajstić information content (AvgIpc) is 2.43. The third kappa shape index (κ3) is 5.12. The molecule has 0 amide bonds. The smallest absolute Gasteiger partial charge is 0.236 e. The van der Waals surface area contributed by atoms with E-state index >= 15 is 0 Å². The van der Waals surface area contributed by atoms with E-state index in [2.05, 4.69) is 4.72 Å². The van der Waals surface area contributed by atoms with E-state index in [1.165, 1.54) is 12.1 Å². The number of hydrogen-bond donors (Lipinski definition) is 1. The highest BCUT2D eigenvalue weighted by Gasteiger charge is 2.11. The van der Waals surface area contributed by atoms with Gasteiger partial charge in [0.15, 0.2) is 0 Å². The standard InChI is InChI=1S/C14H13Cl2NO3S/c15-13-7-6-11(10-14(13)16)17-21(18,19)9-8-20-12-4-2-1-3-5-12/h1-7,10,17H,8-9H2. The number of anilines is 1. The first-order valence-electron chi connectivity index (χ1n) is 6.10. The van der Waals surface area contributed by atoms with Crippen molar-refractivity contribution in [3.63, 3.8) is 0 Å². The van der Waals surface area contributed by atoms with Crippen LogP contribution < -0.4 is 9.46 Å². The van der Waals surface area contributed by atoms with Crippen molar-refractivity contribution in [1.82, 2.24) is 0 Å². The minimum atomic E-state index is -3.51. The fraction of sp³-hybridized carbons (Fsp3) is 0.143. The zero-order valence-electron chi connectivity index (χ0n) is 10.9. The van der Waals surface area contributed by atoms with Crippen LogP contribution in [0.25, 0.3) is 0 Å². The molecule has 2 aromatic rings. The Kier molecular flexibility index (Phi) is 5.33. The number of halogens is 2. The van der Waals surface area contributed by atoms with Gasteiger partial charge in [-0.05, 0) is 30.3 Å². The molecule has 4 nitrogen and oxygen atoms in total. The minimum Gasteiger partial charge on any atom is -0.492 e. The van der Waals surface area contributed by atoms with Gasteiger partial charge < -0.3 is 4.74 Å². The molecule has 0 bridgehead atoms. The van der Waals surface area contributed by atoms with Crippen LogP contribution in [-0.4, -0.2) is 20.8 Å². The van der Waals surface area contributed by atoms with Crippen molar-refractivity contribution in [3.05, 3.63) is 58.6 Å². The van der Waals surface area contributed by atoms with Crippen LogP contribution in [0.5, 0.6) is 5.75 Å². The molecule has 0 aliphatic rings. The lowest BCUT2D eigenvalue weighted by molar-refractivity contribution is 0.341. The molecule has 21 heavy (non-hydrogen) atoms. The van der Waals surface area contributed by atoms with Crippen molar-refractivity contribution in [2.24, 2.45) is 0 Å². The SMILES string of the molecule is O=S(=O)(CCOc1ccccc1)Nc1ccc(Cl)c(Cl)c1. The second kappa shape index (κ2) is 7.02. The Bertz CT molecular complexity index is 705. The number of para-hydroxylation sites is 1. The van der Waals surface area contributed by atoms with Crippen molar-refractivity contribution in [3.8, 4) is 5.75 Å². The summed E-state index contributed by atoms with van der Waals surface area (Å²) in [5, 5.41) is 0.657. The molecule has 2 aromatic carbocycles. The van der Waals surface area contributed by atoms with Crippen molar-refractivity contribution in [2.75, 3.05) is 17.1 Å². The lowest BCUT2D eigenvalue weighted by Crippen LogP contribution is -2.21. The van der Waals surface area contributed by atoms with Crippen LogP contribution in [0, 0.1) is 0 Å². The summed E-state index contributed by atoms with van der Waals surface area (Å²) in [5.41, 5.74) is 0.365. The molecule has 1 N–H and O–H groups in total. The highest BCUT2D eigenvalue weighted by Crippen LogP contribution is 2.25. The lowest BCUT2D eigenvalue weighted by Gasteiger charge is -2.10. The van der Waals surface area contributed by atoms with Gasteiger partial charge in [-0.3, -0.25) is 4.72 Å². The zero-order valence-corrected chi connectivity index (χ0v) is 13.3. The summed E-state index contributed by atoms with van der Waals surface area (Å²) in [5.74, 6) is 0.463. The molecule has 0 spiro atoms. The third-order valence-corrected chi connectivity index (χ3v) is 4.55. The van der Waals surface area contributed by atoms with E-state index in [0.29, 0.717) is 16.5 Å². The number of rotatable bonds is 6. The highest BCUT2D eigenvalue weighted by molar-refractivity contribution is 7.92. The van der Waals surface area contributed by atoms with Crippen molar-refractivity contribution < 1.29 is 13.2 Å². The maximum absolute atomic E-state index is 11.9. The van der Waals surface area contributed by atoms with Crippen LogP contribution in [0.3, 0.4) is 0 Å². The molecule has 0 radical (unpaired) electrons. The molecule has 0 unspecified atom stereocenters. The van der Waals surface area contributed by atoms with Crippen molar-refractivity contribution in [2.45, 2.75) is 0 Å². The van der Waals surface area contributed by atoms with Crippen LogP contribution in [-0.2, 0) is 10.0 Å². The highest BCUT2D eigenvalue weighted by atomic mass is 35.5. The maximum Gasteiger partial charge on any atom is 0.236 e. The fourth-order valence-electron chi connectivity index (χ4n) is 1.58. The lowest BCUT2D eigenvalue weighted by atomic mass is 10.3. The normalized spacial score (nSPS) is 11.1. The number of hydrogen-bond acceptors (Lipinski definition) is 3. The number of benzene rings is 2. The average molecular weight is 346 g/mol. The Morgan fingerprint density at radius 1 is 1.00 bits per heavy atom. The molecule has 0 saturated heterocycles. The van der Waals surface area contributed by atoms with Gasteiger partial charge in [0.05, 0.1) is 15.7 Å². The van der Waals surface area contributed by atoms with Gasteiger partial charge in [-0.15, -0.1) is 0 Å². The van der Waals surface area contributed by atoms with Gasteiger partial charge in [-0.2, -0.15) is 0 Å². The summed E-state index contributed by atoms with van der Waals surface area (Å²) in [6.45, 7) is 0.0562. The largest absolute Gasteiger partial charge is 0.492 e. The number of sulfonamides is 1. The van der Waals surface area contributed by atoms with Crippen LogP contribution in [0.2, 0.25) is 10.0 Å². The molecule has 0 atom stereocenters. The van der Waals surface area contributed by atoms with E-state index in [9.17, 15) is 8.42 Å². The summed E-state index contributed by atoms with van der Waals surface area (Å²) in [4.78, 5) is 0. The van der Waals surface area contributed by atoms with Gasteiger partial charge in [-0.1, -0.05) is 41.4 Å². The Morgan fingerprint density at radius 2 is 1.71 bits per heavy atom. The van der Waals surface area contributed by atoms with E-state index in [-0.39, 0.29) is 17.4 Å². The first-order chi connectivity index (χ1) is 9.96. The predicted octanol–water partition coefficient (Wildman–Crippen LogP) is 3.81. The van der Waals surface area contributed by atoms with Crippen LogP contribution in [0.4, 0.5) is 5.69 Å². The quantitative estimate of drug-likeness (QED) is 0.865. The molecule has 2 rings (SSSR count). The van der Waals surface area contributed by atoms with Crippen LogP contribution in [0.1, 0.15) is 0 Å². The monoisotopic (exact) mass is 345 g/mol. The molecule has 0 aromatic heterocycles. The van der Waals surface area contributed by atoms with Crippen LogP contribution in [0.15, 0.2) is 48.5 Å². The summed E-state index contributed by atoms with van der Waals surface area (Å²) in [7, 11) is -3.51. The summed E-state index contributed by atoms with van der Waals surface area (Å²) in [6.07, 6.45) is 0. The van der Waals surface area contributed by atoms with Crippen molar-refractivity contribution >= 4 is 38.9 Å². The second-order valence-corrected chi connectivity index (χ2v) is 6.87. The minimum absolute atomic E-state index is 0.0562. The fourth-order valence-corrected chi connectivity index (χ4v) is 2.77. The van der Waals surface area contributed by atoms with Crippen molar-refractivity contribution in [1.29, 1.82) is 0 Å². The molecule has 0 aliphatic heterocycles. The maximum atomic E-state index is 11.9. The molecule has 0 aliphatic carbocycles. The molecule has 0 fully saturated rings. The number of ether oxygens (including phenoxy) is 1. The van der Waals surface area contributed by atoms with Gasteiger partial charge in [0.2, 0.25) is 10.0 Å². The Balaban J connectivity index is 1.91. The molecular formula is C14H13Cl2NO3S. The Hall–Kier alpha value is -1.43.